The van der Waals surface area contributed by atoms with Crippen molar-refractivity contribution in [2.45, 2.75) is 6.61 Å². The fraction of sp³-hybridized carbons (Fsp3) is 0.0909. The van der Waals surface area contributed by atoms with Gasteiger partial charge in [0.05, 0.1) is 17.8 Å². The monoisotopic (exact) mass is 598 g/mol. The van der Waals surface area contributed by atoms with E-state index in [9.17, 15) is 4.79 Å². The topological polar surface area (TPSA) is 59.9 Å². The molecule has 3 aromatic rings. The summed E-state index contributed by atoms with van der Waals surface area (Å²) in [7, 11) is 1.57. The van der Waals surface area contributed by atoms with Gasteiger partial charge in [-0.25, -0.2) is 5.43 Å². The van der Waals surface area contributed by atoms with Crippen molar-refractivity contribution in [1.29, 1.82) is 0 Å². The summed E-state index contributed by atoms with van der Waals surface area (Å²) in [6.45, 7) is 0.367. The summed E-state index contributed by atoms with van der Waals surface area (Å²) in [5.41, 5.74) is 4.78. The predicted octanol–water partition coefficient (Wildman–Crippen LogP) is 6.06. The number of amides is 1. The third-order valence-electron chi connectivity index (χ3n) is 4.03. The number of hydrogen-bond donors (Lipinski definition) is 1. The van der Waals surface area contributed by atoms with E-state index in [0.717, 1.165) is 14.7 Å². The zero-order valence-corrected chi connectivity index (χ0v) is 20.4. The highest BCUT2D eigenvalue weighted by molar-refractivity contribution is 14.1. The van der Waals surface area contributed by atoms with Crippen LogP contribution in [0, 0.1) is 3.57 Å². The maximum absolute atomic E-state index is 12.1. The SMILES string of the molecule is COc1cc(/C=N\NC(=O)c2ccc(I)cc2)cc(Br)c1OCc1ccc(Cl)cc1. The largest absolute Gasteiger partial charge is 0.493 e. The third-order valence-corrected chi connectivity index (χ3v) is 5.59. The smallest absolute Gasteiger partial charge is 0.271 e. The van der Waals surface area contributed by atoms with Crippen molar-refractivity contribution in [3.8, 4) is 11.5 Å². The van der Waals surface area contributed by atoms with Crippen LogP contribution in [0.4, 0.5) is 0 Å². The fourth-order valence-corrected chi connectivity index (χ4v) is 3.58. The number of benzene rings is 3. The Morgan fingerprint density at radius 2 is 1.87 bits per heavy atom. The molecule has 3 rings (SSSR count). The summed E-state index contributed by atoms with van der Waals surface area (Å²) in [4.78, 5) is 12.1. The fourth-order valence-electron chi connectivity index (χ4n) is 2.52. The molecule has 1 N–H and O–H groups in total. The Bertz CT molecular complexity index is 1060. The minimum atomic E-state index is -0.281. The van der Waals surface area contributed by atoms with Crippen LogP contribution in [0.15, 0.2) is 70.2 Å². The average Bonchev–Trinajstić information content (AvgIpc) is 2.74. The first-order valence-corrected chi connectivity index (χ1v) is 11.0. The highest BCUT2D eigenvalue weighted by Crippen LogP contribution is 2.36. The number of carbonyl (C=O) groups is 1. The summed E-state index contributed by atoms with van der Waals surface area (Å²) in [5.74, 6) is 0.841. The summed E-state index contributed by atoms with van der Waals surface area (Å²) in [5, 5.41) is 4.71. The van der Waals surface area contributed by atoms with Crippen LogP contribution in [0.3, 0.4) is 0 Å². The molecule has 0 bridgehead atoms. The Labute approximate surface area is 201 Å². The van der Waals surface area contributed by atoms with Crippen LogP contribution in [0.2, 0.25) is 5.02 Å². The molecule has 0 heterocycles. The number of hydrazone groups is 1. The van der Waals surface area contributed by atoms with Gasteiger partial charge in [-0.1, -0.05) is 23.7 Å². The minimum absolute atomic E-state index is 0.281. The van der Waals surface area contributed by atoms with Crippen LogP contribution < -0.4 is 14.9 Å². The van der Waals surface area contributed by atoms with Gasteiger partial charge >= 0.3 is 0 Å². The molecule has 0 aliphatic rings. The van der Waals surface area contributed by atoms with E-state index in [4.69, 9.17) is 21.1 Å². The van der Waals surface area contributed by atoms with Crippen LogP contribution in [0.25, 0.3) is 0 Å². The number of ether oxygens (including phenoxy) is 2. The normalized spacial score (nSPS) is 10.8. The highest BCUT2D eigenvalue weighted by Gasteiger charge is 2.12. The molecular weight excluding hydrogens is 583 g/mol. The first-order valence-electron chi connectivity index (χ1n) is 8.80. The van der Waals surface area contributed by atoms with E-state index in [1.807, 2.05) is 42.5 Å². The molecular formula is C22H17BrClIN2O3. The minimum Gasteiger partial charge on any atom is -0.493 e. The molecule has 0 saturated heterocycles. The van der Waals surface area contributed by atoms with E-state index in [2.05, 4.69) is 49.0 Å². The van der Waals surface area contributed by atoms with E-state index in [1.54, 1.807) is 31.5 Å². The first kappa shape index (κ1) is 22.6. The Morgan fingerprint density at radius 1 is 1.17 bits per heavy atom. The van der Waals surface area contributed by atoms with Gasteiger partial charge in [-0.3, -0.25) is 4.79 Å². The van der Waals surface area contributed by atoms with Gasteiger partial charge in [-0.2, -0.15) is 5.10 Å². The summed E-state index contributed by atoms with van der Waals surface area (Å²) < 4.78 is 13.1. The lowest BCUT2D eigenvalue weighted by Gasteiger charge is -2.13. The van der Waals surface area contributed by atoms with Gasteiger partial charge < -0.3 is 9.47 Å². The maximum Gasteiger partial charge on any atom is 0.271 e. The number of methoxy groups -OCH3 is 1. The third kappa shape index (κ3) is 6.20. The van der Waals surface area contributed by atoms with Crippen molar-refractivity contribution in [2.75, 3.05) is 7.11 Å². The lowest BCUT2D eigenvalue weighted by atomic mass is 10.2. The van der Waals surface area contributed by atoms with E-state index < -0.39 is 0 Å². The average molecular weight is 600 g/mol. The first-order chi connectivity index (χ1) is 14.5. The number of hydrogen-bond acceptors (Lipinski definition) is 4. The van der Waals surface area contributed by atoms with Crippen LogP contribution in [-0.2, 0) is 6.61 Å². The number of rotatable bonds is 7. The number of carbonyl (C=O) groups excluding carboxylic acids is 1. The second-order valence-corrected chi connectivity index (χ2v) is 8.69. The van der Waals surface area contributed by atoms with E-state index in [1.165, 1.54) is 0 Å². The van der Waals surface area contributed by atoms with E-state index in [0.29, 0.717) is 33.2 Å². The van der Waals surface area contributed by atoms with Gasteiger partial charge in [0.25, 0.3) is 5.91 Å². The van der Waals surface area contributed by atoms with Crippen LogP contribution in [0.5, 0.6) is 11.5 Å². The lowest BCUT2D eigenvalue weighted by Crippen LogP contribution is -2.17. The van der Waals surface area contributed by atoms with Crippen LogP contribution >= 0.6 is 50.1 Å². The highest BCUT2D eigenvalue weighted by atomic mass is 127. The van der Waals surface area contributed by atoms with Crippen molar-refractivity contribution in [2.24, 2.45) is 5.10 Å². The Morgan fingerprint density at radius 3 is 2.53 bits per heavy atom. The number of nitrogens with one attached hydrogen (secondary N) is 1. The predicted molar refractivity (Wildman–Crippen MR) is 131 cm³/mol. The number of halogens is 3. The van der Waals surface area contributed by atoms with Crippen molar-refractivity contribution < 1.29 is 14.3 Å². The molecule has 0 radical (unpaired) electrons. The zero-order chi connectivity index (χ0) is 21.5. The molecule has 30 heavy (non-hydrogen) atoms. The molecule has 0 saturated carbocycles. The quantitative estimate of drug-likeness (QED) is 0.204. The van der Waals surface area contributed by atoms with Gasteiger partial charge in [0, 0.05) is 14.2 Å². The molecule has 0 unspecified atom stereocenters. The number of nitrogens with zero attached hydrogens (tertiary/aromatic N) is 1. The van der Waals surface area contributed by atoms with Gasteiger partial charge in [0.1, 0.15) is 6.61 Å². The molecule has 154 valence electrons. The molecule has 0 atom stereocenters. The van der Waals surface area contributed by atoms with Crippen LogP contribution in [-0.4, -0.2) is 19.2 Å². The van der Waals surface area contributed by atoms with Crippen molar-refractivity contribution in [3.63, 3.8) is 0 Å². The Balaban J connectivity index is 1.68. The molecule has 1 amide bonds. The molecule has 0 aliphatic heterocycles. The Kier molecular flexibility index (Phi) is 8.12. The van der Waals surface area contributed by atoms with E-state index >= 15 is 0 Å². The van der Waals surface area contributed by atoms with Crippen molar-refractivity contribution >= 4 is 62.2 Å². The second-order valence-electron chi connectivity index (χ2n) is 6.16. The molecule has 8 heteroatoms. The standard InChI is InChI=1S/C22H17BrClIN2O3/c1-29-20-11-15(12-26-27-22(28)16-4-8-18(25)9-5-16)10-19(23)21(20)30-13-14-2-6-17(24)7-3-14/h2-12H,13H2,1H3,(H,27,28)/b26-12-. The molecule has 0 spiro atoms. The van der Waals surface area contributed by atoms with Gasteiger partial charge in [-0.05, 0) is 98.2 Å². The van der Waals surface area contributed by atoms with E-state index in [-0.39, 0.29) is 5.91 Å². The second kappa shape index (κ2) is 10.8. The molecule has 0 aliphatic carbocycles. The summed E-state index contributed by atoms with van der Waals surface area (Å²) in [6.07, 6.45) is 1.54. The lowest BCUT2D eigenvalue weighted by molar-refractivity contribution is 0.0955. The van der Waals surface area contributed by atoms with Gasteiger partial charge in [0.15, 0.2) is 11.5 Å². The van der Waals surface area contributed by atoms with Gasteiger partial charge in [-0.15, -0.1) is 0 Å². The molecule has 3 aromatic carbocycles. The van der Waals surface area contributed by atoms with Crippen LogP contribution in [0.1, 0.15) is 21.5 Å². The summed E-state index contributed by atoms with van der Waals surface area (Å²) >= 11 is 11.6. The van der Waals surface area contributed by atoms with Crippen molar-refractivity contribution in [1.82, 2.24) is 5.43 Å². The van der Waals surface area contributed by atoms with Gasteiger partial charge in [0.2, 0.25) is 0 Å². The van der Waals surface area contributed by atoms with Crippen molar-refractivity contribution in [3.05, 3.63) is 90.4 Å². The molecule has 0 fully saturated rings. The zero-order valence-electron chi connectivity index (χ0n) is 15.9. The molecule has 0 aromatic heterocycles. The summed E-state index contributed by atoms with van der Waals surface area (Å²) in [6, 6.07) is 18.3. The molecule has 5 nitrogen and oxygen atoms in total. The Hall–Kier alpha value is -2.10. The maximum atomic E-state index is 12.1.